The fraction of sp³-hybridized carbons (Fsp3) is 0.458. The lowest BCUT2D eigenvalue weighted by Gasteiger charge is -2.30. The average Bonchev–Trinajstić information content (AvgIpc) is 3.44. The number of nitrogens with one attached hydrogen (secondary N) is 1. The number of aliphatic hydroxyl groups excluding tert-OH is 1. The lowest BCUT2D eigenvalue weighted by atomic mass is 9.88. The summed E-state index contributed by atoms with van der Waals surface area (Å²) in [6.45, 7) is 1.99. The van der Waals surface area contributed by atoms with E-state index < -0.39 is 23.8 Å². The van der Waals surface area contributed by atoms with Crippen LogP contribution in [0.2, 0.25) is 0 Å². The van der Waals surface area contributed by atoms with Crippen molar-refractivity contribution in [2.45, 2.75) is 38.4 Å². The van der Waals surface area contributed by atoms with Crippen LogP contribution in [0.4, 0.5) is 4.39 Å². The fourth-order valence-electron chi connectivity index (χ4n) is 5.40. The third kappa shape index (κ3) is 3.24. The molecular formula is C24H26FN3O4. The first-order chi connectivity index (χ1) is 15.4. The number of nitrogens with zero attached hydrogens (tertiary/aromatic N) is 2. The van der Waals surface area contributed by atoms with E-state index in [1.165, 1.54) is 17.9 Å². The number of rotatable bonds is 5. The SMILES string of the molecule is CC(=O)N1[C@@H]2c3ccc(-c4ccccc4F)c(=O)n3C[C@@H]2[C@@H](CO)[C@@H]1C(=O)NCC1CC1. The second-order valence-corrected chi connectivity index (χ2v) is 9.08. The summed E-state index contributed by atoms with van der Waals surface area (Å²) in [6.07, 6.45) is 2.19. The molecule has 0 bridgehead atoms. The fourth-order valence-corrected chi connectivity index (χ4v) is 5.40. The van der Waals surface area contributed by atoms with Crippen molar-refractivity contribution < 1.29 is 19.1 Å². The van der Waals surface area contributed by atoms with Crippen LogP contribution < -0.4 is 10.9 Å². The summed E-state index contributed by atoms with van der Waals surface area (Å²) in [7, 11) is 0. The van der Waals surface area contributed by atoms with Crippen LogP contribution in [0, 0.1) is 23.6 Å². The van der Waals surface area contributed by atoms with Crippen molar-refractivity contribution in [2.75, 3.05) is 13.2 Å². The number of halogens is 1. The van der Waals surface area contributed by atoms with E-state index in [1.807, 2.05) is 0 Å². The predicted molar refractivity (Wildman–Crippen MR) is 115 cm³/mol. The highest BCUT2D eigenvalue weighted by Crippen LogP contribution is 2.49. The molecule has 32 heavy (non-hydrogen) atoms. The number of carbonyl (C=O) groups is 2. The second-order valence-electron chi connectivity index (χ2n) is 9.08. The van der Waals surface area contributed by atoms with Crippen molar-refractivity contribution in [1.29, 1.82) is 0 Å². The largest absolute Gasteiger partial charge is 0.396 e. The van der Waals surface area contributed by atoms with Gasteiger partial charge in [-0.3, -0.25) is 14.4 Å². The standard InChI is InChI=1S/C24H26FN3O4/c1-13(30)28-21-17(18(12-29)22(28)23(31)26-10-14-6-7-14)11-27-20(21)9-8-16(24(27)32)15-4-2-3-5-19(15)25/h2-5,8-9,14,17-18,21-22,29H,6-7,10-12H2,1H3,(H,26,31)/t17-,18-,21+,22-/m1/s1. The van der Waals surface area contributed by atoms with E-state index >= 15 is 0 Å². The van der Waals surface area contributed by atoms with Gasteiger partial charge in [-0.2, -0.15) is 0 Å². The zero-order chi connectivity index (χ0) is 22.6. The van der Waals surface area contributed by atoms with Gasteiger partial charge in [-0.15, -0.1) is 0 Å². The Kier molecular flexibility index (Phi) is 5.12. The Hall–Kier alpha value is -3.00. The molecule has 1 saturated heterocycles. The minimum Gasteiger partial charge on any atom is -0.396 e. The van der Waals surface area contributed by atoms with Gasteiger partial charge in [0.1, 0.15) is 11.9 Å². The first-order valence-electron chi connectivity index (χ1n) is 11.1. The maximum Gasteiger partial charge on any atom is 0.258 e. The van der Waals surface area contributed by atoms with Crippen LogP contribution in [0.25, 0.3) is 11.1 Å². The maximum atomic E-state index is 14.3. The van der Waals surface area contributed by atoms with Gasteiger partial charge in [-0.05, 0) is 37.0 Å². The molecule has 1 aliphatic carbocycles. The summed E-state index contributed by atoms with van der Waals surface area (Å²) in [5.74, 6) is -1.27. The van der Waals surface area contributed by atoms with Gasteiger partial charge in [0.15, 0.2) is 0 Å². The Balaban J connectivity index is 1.53. The Morgan fingerprint density at radius 3 is 2.56 bits per heavy atom. The number of benzene rings is 1. The van der Waals surface area contributed by atoms with E-state index in [4.69, 9.17) is 0 Å². The molecule has 1 aromatic carbocycles. The van der Waals surface area contributed by atoms with Crippen LogP contribution in [0.1, 0.15) is 31.5 Å². The zero-order valence-corrected chi connectivity index (χ0v) is 17.8. The molecule has 2 N–H and O–H groups in total. The van der Waals surface area contributed by atoms with Gasteiger partial charge in [-0.25, -0.2) is 4.39 Å². The van der Waals surface area contributed by atoms with E-state index in [-0.39, 0.29) is 47.6 Å². The predicted octanol–water partition coefficient (Wildman–Crippen LogP) is 1.69. The average molecular weight is 439 g/mol. The van der Waals surface area contributed by atoms with E-state index in [1.54, 1.807) is 34.9 Å². The molecule has 1 saturated carbocycles. The zero-order valence-electron chi connectivity index (χ0n) is 17.8. The molecule has 3 heterocycles. The van der Waals surface area contributed by atoms with Gasteiger partial charge in [0, 0.05) is 49.7 Å². The highest BCUT2D eigenvalue weighted by atomic mass is 19.1. The Bertz CT molecular complexity index is 1140. The maximum absolute atomic E-state index is 14.3. The molecule has 2 fully saturated rings. The molecule has 3 aliphatic rings. The second kappa shape index (κ2) is 7.85. The van der Waals surface area contributed by atoms with Gasteiger partial charge in [0.2, 0.25) is 11.8 Å². The number of amides is 2. The van der Waals surface area contributed by atoms with Crippen molar-refractivity contribution in [3.8, 4) is 11.1 Å². The molecule has 0 radical (unpaired) electrons. The van der Waals surface area contributed by atoms with E-state index in [0.717, 1.165) is 12.8 Å². The smallest absolute Gasteiger partial charge is 0.258 e. The van der Waals surface area contributed by atoms with Crippen molar-refractivity contribution in [3.63, 3.8) is 0 Å². The van der Waals surface area contributed by atoms with Crippen LogP contribution >= 0.6 is 0 Å². The summed E-state index contributed by atoms with van der Waals surface area (Å²) in [5, 5.41) is 13.1. The van der Waals surface area contributed by atoms with Crippen molar-refractivity contribution in [3.05, 3.63) is 58.3 Å². The van der Waals surface area contributed by atoms with E-state index in [9.17, 15) is 23.9 Å². The molecule has 2 amide bonds. The number of hydrogen-bond acceptors (Lipinski definition) is 4. The molecule has 4 atom stereocenters. The molecule has 2 aliphatic heterocycles. The molecule has 8 heteroatoms. The normalized spacial score (nSPS) is 26.0. The molecule has 5 rings (SSSR count). The molecule has 2 aromatic rings. The van der Waals surface area contributed by atoms with Crippen LogP contribution in [-0.4, -0.2) is 45.6 Å². The van der Waals surface area contributed by atoms with Crippen LogP contribution in [0.15, 0.2) is 41.2 Å². The van der Waals surface area contributed by atoms with Gasteiger partial charge in [-0.1, -0.05) is 18.2 Å². The molecule has 0 spiro atoms. The van der Waals surface area contributed by atoms with Crippen LogP contribution in [-0.2, 0) is 16.1 Å². The third-order valence-corrected chi connectivity index (χ3v) is 7.13. The summed E-state index contributed by atoms with van der Waals surface area (Å²) >= 11 is 0. The van der Waals surface area contributed by atoms with Gasteiger partial charge in [0.05, 0.1) is 11.6 Å². The number of aromatic nitrogens is 1. The van der Waals surface area contributed by atoms with Crippen molar-refractivity contribution >= 4 is 11.8 Å². The highest BCUT2D eigenvalue weighted by Gasteiger charge is 2.56. The molecule has 168 valence electrons. The minimum atomic E-state index is -0.777. The number of hydrogen-bond donors (Lipinski definition) is 2. The monoisotopic (exact) mass is 439 g/mol. The number of likely N-dealkylation sites (tertiary alicyclic amines) is 1. The Labute approximate surface area is 184 Å². The van der Waals surface area contributed by atoms with Gasteiger partial charge < -0.3 is 19.9 Å². The van der Waals surface area contributed by atoms with Gasteiger partial charge >= 0.3 is 0 Å². The summed E-state index contributed by atoms with van der Waals surface area (Å²) in [4.78, 5) is 40.5. The van der Waals surface area contributed by atoms with E-state index in [2.05, 4.69) is 5.32 Å². The quantitative estimate of drug-likeness (QED) is 0.742. The van der Waals surface area contributed by atoms with E-state index in [0.29, 0.717) is 18.2 Å². The molecule has 0 unspecified atom stereocenters. The van der Waals surface area contributed by atoms with Gasteiger partial charge in [0.25, 0.3) is 5.56 Å². The summed E-state index contributed by atoms with van der Waals surface area (Å²) in [5.41, 5.74) is 0.757. The number of carbonyl (C=O) groups excluding carboxylic acids is 2. The van der Waals surface area contributed by atoms with Crippen molar-refractivity contribution in [2.24, 2.45) is 17.8 Å². The first-order valence-corrected chi connectivity index (χ1v) is 11.1. The number of fused-ring (bicyclic) bond motifs is 3. The van der Waals surface area contributed by atoms with Crippen LogP contribution in [0.3, 0.4) is 0 Å². The van der Waals surface area contributed by atoms with Crippen molar-refractivity contribution in [1.82, 2.24) is 14.8 Å². The lowest BCUT2D eigenvalue weighted by Crippen LogP contribution is -2.50. The lowest BCUT2D eigenvalue weighted by molar-refractivity contribution is -0.140. The number of aliphatic hydroxyl groups is 1. The molecule has 1 aromatic heterocycles. The third-order valence-electron chi connectivity index (χ3n) is 7.13. The molecular weight excluding hydrogens is 413 g/mol. The summed E-state index contributed by atoms with van der Waals surface area (Å²) in [6, 6.07) is 8.18. The first kappa shape index (κ1) is 20.9. The molecule has 7 nitrogen and oxygen atoms in total. The Morgan fingerprint density at radius 2 is 1.91 bits per heavy atom. The number of pyridine rings is 1. The topological polar surface area (TPSA) is 91.6 Å². The minimum absolute atomic E-state index is 0.226. The Morgan fingerprint density at radius 1 is 1.16 bits per heavy atom. The summed E-state index contributed by atoms with van der Waals surface area (Å²) < 4.78 is 15.9. The highest BCUT2D eigenvalue weighted by molar-refractivity contribution is 5.88. The van der Waals surface area contributed by atoms with Crippen LogP contribution in [0.5, 0.6) is 0 Å².